The van der Waals surface area contributed by atoms with Crippen molar-refractivity contribution in [1.82, 2.24) is 4.57 Å². The lowest BCUT2D eigenvalue weighted by atomic mass is 9.96. The van der Waals surface area contributed by atoms with Crippen molar-refractivity contribution >= 4 is 17.2 Å². The number of rotatable bonds is 8. The molecule has 2 aromatic rings. The van der Waals surface area contributed by atoms with E-state index in [2.05, 4.69) is 6.92 Å². The number of nitrogens with zero attached hydrogens (tertiary/aromatic N) is 1. The molecule has 142 valence electrons. The topological polar surface area (TPSA) is 66.8 Å². The Labute approximate surface area is 153 Å². The van der Waals surface area contributed by atoms with Gasteiger partial charge in [-0.1, -0.05) is 34.1 Å². The number of carbonyl (C=O) groups is 1. The molecule has 0 amide bonds. The summed E-state index contributed by atoms with van der Waals surface area (Å²) >= 11 is 0. The molecule has 0 spiro atoms. The highest BCUT2D eigenvalue weighted by Gasteiger charge is 2.23. The van der Waals surface area contributed by atoms with E-state index in [1.807, 2.05) is 20.8 Å². The number of hydrogen-bond donors (Lipinski definition) is 0. The third kappa shape index (κ3) is 4.36. The summed E-state index contributed by atoms with van der Waals surface area (Å²) < 4.78 is 17.9. The van der Waals surface area contributed by atoms with Gasteiger partial charge >= 0.3 is 0 Å². The Morgan fingerprint density at radius 3 is 2.50 bits per heavy atom. The highest BCUT2D eigenvalue weighted by atomic mass is 16.6. The summed E-state index contributed by atoms with van der Waals surface area (Å²) in [5, 5.41) is 1.08. The van der Waals surface area contributed by atoms with E-state index in [1.165, 1.54) is 4.57 Å². The van der Waals surface area contributed by atoms with Gasteiger partial charge in [-0.15, -0.1) is 0 Å². The summed E-state index contributed by atoms with van der Waals surface area (Å²) in [6.07, 6.45) is 1.82. The molecule has 0 aliphatic heterocycles. The minimum atomic E-state index is -0.225. The highest BCUT2D eigenvalue weighted by molar-refractivity contribution is 5.91. The Hall–Kier alpha value is -2.50. The van der Waals surface area contributed by atoms with Crippen LogP contribution in [0.5, 0.6) is 17.4 Å². The van der Waals surface area contributed by atoms with Gasteiger partial charge in [-0.3, -0.25) is 14.2 Å². The lowest BCUT2D eigenvalue weighted by Gasteiger charge is -2.24. The van der Waals surface area contributed by atoms with Gasteiger partial charge in [0.2, 0.25) is 5.88 Å². The van der Waals surface area contributed by atoms with E-state index in [-0.39, 0.29) is 16.9 Å². The maximum atomic E-state index is 13.1. The van der Waals surface area contributed by atoms with Crippen molar-refractivity contribution in [3.63, 3.8) is 0 Å². The van der Waals surface area contributed by atoms with E-state index < -0.39 is 0 Å². The van der Waals surface area contributed by atoms with Crippen molar-refractivity contribution < 1.29 is 19.0 Å². The summed E-state index contributed by atoms with van der Waals surface area (Å²) in [6.45, 7) is 9.28. The SMILES string of the molecule is CCCCOc1c(OC=O)n(CC(C)(C)C)c(=O)c2ccc(OC)cc12. The zero-order valence-corrected chi connectivity index (χ0v) is 16.1. The predicted molar refractivity (Wildman–Crippen MR) is 101 cm³/mol. The van der Waals surface area contributed by atoms with Crippen LogP contribution in [-0.4, -0.2) is 24.8 Å². The first-order valence-electron chi connectivity index (χ1n) is 8.80. The molecule has 1 aromatic carbocycles. The van der Waals surface area contributed by atoms with Gasteiger partial charge in [-0.05, 0) is 30.0 Å². The quantitative estimate of drug-likeness (QED) is 0.529. The summed E-state index contributed by atoms with van der Waals surface area (Å²) in [4.78, 5) is 24.2. The maximum absolute atomic E-state index is 13.1. The van der Waals surface area contributed by atoms with Gasteiger partial charge in [-0.2, -0.15) is 0 Å². The van der Waals surface area contributed by atoms with Crippen LogP contribution < -0.4 is 19.8 Å². The number of unbranched alkanes of at least 4 members (excludes halogenated alkanes) is 1. The second-order valence-electron chi connectivity index (χ2n) is 7.41. The minimum Gasteiger partial charge on any atom is -0.497 e. The van der Waals surface area contributed by atoms with Crippen LogP contribution in [0.1, 0.15) is 40.5 Å². The third-order valence-electron chi connectivity index (χ3n) is 3.92. The lowest BCUT2D eigenvalue weighted by Crippen LogP contribution is -2.29. The molecule has 6 nitrogen and oxygen atoms in total. The number of pyridine rings is 1. The summed E-state index contributed by atoms with van der Waals surface area (Å²) in [6, 6.07) is 5.19. The van der Waals surface area contributed by atoms with Gasteiger partial charge in [0.25, 0.3) is 12.0 Å². The monoisotopic (exact) mass is 361 g/mol. The second kappa shape index (κ2) is 8.25. The number of hydrogen-bond acceptors (Lipinski definition) is 5. The zero-order valence-electron chi connectivity index (χ0n) is 16.1. The maximum Gasteiger partial charge on any atom is 0.299 e. The van der Waals surface area contributed by atoms with Crippen LogP contribution in [0.3, 0.4) is 0 Å². The molecule has 0 unspecified atom stereocenters. The molecule has 0 saturated heterocycles. The van der Waals surface area contributed by atoms with Crippen molar-refractivity contribution in [2.24, 2.45) is 5.41 Å². The number of methoxy groups -OCH3 is 1. The Kier molecular flexibility index (Phi) is 6.29. The molecule has 0 aliphatic rings. The van der Waals surface area contributed by atoms with Gasteiger partial charge in [0, 0.05) is 11.9 Å². The van der Waals surface area contributed by atoms with E-state index in [1.54, 1.807) is 25.3 Å². The molecule has 0 atom stereocenters. The molecule has 1 heterocycles. The molecule has 1 aromatic heterocycles. The van der Waals surface area contributed by atoms with E-state index in [4.69, 9.17) is 14.2 Å². The van der Waals surface area contributed by atoms with Gasteiger partial charge in [0.15, 0.2) is 5.75 Å². The predicted octanol–water partition coefficient (Wildman–Crippen LogP) is 3.77. The average molecular weight is 361 g/mol. The molecule has 0 bridgehead atoms. The molecule has 0 radical (unpaired) electrons. The van der Waals surface area contributed by atoms with Crippen molar-refractivity contribution in [2.75, 3.05) is 13.7 Å². The molecule has 2 rings (SSSR count). The number of ether oxygens (including phenoxy) is 3. The largest absolute Gasteiger partial charge is 0.497 e. The third-order valence-corrected chi connectivity index (χ3v) is 3.92. The Balaban J connectivity index is 2.79. The minimum absolute atomic E-state index is 0.136. The number of aromatic nitrogens is 1. The number of carbonyl (C=O) groups excluding carboxylic acids is 1. The fourth-order valence-corrected chi connectivity index (χ4v) is 2.74. The number of benzene rings is 1. The van der Waals surface area contributed by atoms with Crippen molar-refractivity contribution in [1.29, 1.82) is 0 Å². The van der Waals surface area contributed by atoms with Crippen LogP contribution in [0.15, 0.2) is 23.0 Å². The molecule has 0 N–H and O–H groups in total. The second-order valence-corrected chi connectivity index (χ2v) is 7.41. The number of fused-ring (bicyclic) bond motifs is 1. The normalized spacial score (nSPS) is 11.4. The first-order chi connectivity index (χ1) is 12.3. The fourth-order valence-electron chi connectivity index (χ4n) is 2.74. The molecule has 0 saturated carbocycles. The van der Waals surface area contributed by atoms with Gasteiger partial charge in [0.05, 0.1) is 19.1 Å². The molecule has 6 heteroatoms. The molecular weight excluding hydrogens is 334 g/mol. The lowest BCUT2D eigenvalue weighted by molar-refractivity contribution is -0.121. The average Bonchev–Trinajstić information content (AvgIpc) is 2.59. The molecule has 0 aliphatic carbocycles. The van der Waals surface area contributed by atoms with Crippen LogP contribution in [0.4, 0.5) is 0 Å². The molecular formula is C20H27NO5. The van der Waals surface area contributed by atoms with E-state index in [0.717, 1.165) is 12.8 Å². The zero-order chi connectivity index (χ0) is 19.3. The Bertz CT molecular complexity index is 833. The van der Waals surface area contributed by atoms with Crippen molar-refractivity contribution in [3.8, 4) is 17.4 Å². The molecule has 26 heavy (non-hydrogen) atoms. The summed E-state index contributed by atoms with van der Waals surface area (Å²) in [5.74, 6) is 1.13. The van der Waals surface area contributed by atoms with Crippen LogP contribution in [0, 0.1) is 5.41 Å². The van der Waals surface area contributed by atoms with Gasteiger partial charge in [0.1, 0.15) is 5.75 Å². The van der Waals surface area contributed by atoms with Gasteiger partial charge < -0.3 is 14.2 Å². The Morgan fingerprint density at radius 1 is 1.19 bits per heavy atom. The van der Waals surface area contributed by atoms with Crippen LogP contribution >= 0.6 is 0 Å². The smallest absolute Gasteiger partial charge is 0.299 e. The van der Waals surface area contributed by atoms with Crippen LogP contribution in [0.25, 0.3) is 10.8 Å². The van der Waals surface area contributed by atoms with Gasteiger partial charge in [-0.25, -0.2) is 0 Å². The van der Waals surface area contributed by atoms with E-state index in [9.17, 15) is 9.59 Å². The van der Waals surface area contributed by atoms with E-state index in [0.29, 0.717) is 41.9 Å². The van der Waals surface area contributed by atoms with E-state index >= 15 is 0 Å². The van der Waals surface area contributed by atoms with Crippen molar-refractivity contribution in [3.05, 3.63) is 28.6 Å². The molecule has 0 fully saturated rings. The first-order valence-corrected chi connectivity index (χ1v) is 8.80. The highest BCUT2D eigenvalue weighted by Crippen LogP contribution is 2.37. The summed E-state index contributed by atoms with van der Waals surface area (Å²) in [7, 11) is 1.56. The first kappa shape index (κ1) is 19.8. The van der Waals surface area contributed by atoms with Crippen LogP contribution in [0.2, 0.25) is 0 Å². The Morgan fingerprint density at radius 2 is 1.92 bits per heavy atom. The van der Waals surface area contributed by atoms with Crippen molar-refractivity contribution in [2.45, 2.75) is 47.1 Å². The summed E-state index contributed by atoms with van der Waals surface area (Å²) in [5.41, 5.74) is -0.414. The fraction of sp³-hybridized carbons (Fsp3) is 0.500. The standard InChI is InChI=1S/C20H27NO5/c1-6-7-10-25-17-16-11-14(24-5)8-9-15(16)18(23)21(12-20(2,3)4)19(17)26-13-22/h8-9,11,13H,6-7,10,12H2,1-5H3. The van der Waals surface area contributed by atoms with Crippen LogP contribution in [-0.2, 0) is 11.3 Å².